The summed E-state index contributed by atoms with van der Waals surface area (Å²) >= 11 is 0. The van der Waals surface area contributed by atoms with Gasteiger partial charge in [-0.25, -0.2) is 0 Å². The van der Waals surface area contributed by atoms with Crippen molar-refractivity contribution < 1.29 is 67.4 Å². The van der Waals surface area contributed by atoms with Crippen molar-refractivity contribution in [2.75, 3.05) is 31.1 Å². The van der Waals surface area contributed by atoms with Gasteiger partial charge in [-0.05, 0) is 55.4 Å². The molecule has 402 valence electrons. The number of amides is 11. The summed E-state index contributed by atoms with van der Waals surface area (Å²) in [5.41, 5.74) is 26.1. The second-order valence-corrected chi connectivity index (χ2v) is 19.3. The van der Waals surface area contributed by atoms with Crippen molar-refractivity contribution in [3.63, 3.8) is 0 Å². The van der Waals surface area contributed by atoms with Crippen molar-refractivity contribution in [1.82, 2.24) is 42.1 Å². The molecule has 0 aromatic heterocycles. The summed E-state index contributed by atoms with van der Waals surface area (Å²) in [5.74, 6) is -12.6. The molecule has 7 unspecified atom stereocenters. The average molecular weight is 1080 g/mol. The molecule has 0 bridgehead atoms. The third kappa shape index (κ3) is 20.1. The molecule has 26 nitrogen and oxygen atoms in total. The molecule has 2 saturated heterocycles. The largest absolute Gasteiger partial charge is 0.508 e. The number of aliphatic imine (C=N–C) groups is 1. The maximum absolute atomic E-state index is 14.6. The number of guanidine groups is 1. The normalized spacial score (nSPS) is 23.3. The predicted octanol–water partition coefficient (Wildman–Crippen LogP) is -4.34. The second kappa shape index (κ2) is 29.8. The number of nitrogens with one attached hydrogen (secondary N) is 7. The number of phenolic OH excluding ortho intramolecular Hbond substituents is 1. The molecule has 11 amide bonds. The Morgan fingerprint density at radius 2 is 1.45 bits per heavy atom. The number of aromatic hydroxyl groups is 1. The number of hydrogen-bond acceptors (Lipinski definition) is 15. The van der Waals surface area contributed by atoms with Gasteiger partial charge in [0.2, 0.25) is 65.0 Å². The van der Waals surface area contributed by atoms with Crippen LogP contribution in [0.5, 0.6) is 5.75 Å². The van der Waals surface area contributed by atoms with E-state index in [2.05, 4.69) is 42.2 Å². The Labute approximate surface area is 443 Å². The van der Waals surface area contributed by atoms with Gasteiger partial charge >= 0.3 is 0 Å². The number of hydrogen-bond donors (Lipinski definition) is 13. The summed E-state index contributed by atoms with van der Waals surface area (Å²) in [7, 11) is 1.96. The van der Waals surface area contributed by atoms with Crippen LogP contribution in [0.2, 0.25) is 0 Å². The van der Waals surface area contributed by atoms with Crippen molar-refractivity contribution in [2.24, 2.45) is 33.7 Å². The Kier molecular flexibility index (Phi) is 19.6. The highest BCUT2D eigenvalue weighted by atomic mass is 33.1. The number of phenols is 1. The van der Waals surface area contributed by atoms with E-state index in [-0.39, 0.29) is 74.8 Å². The van der Waals surface area contributed by atoms with Gasteiger partial charge in [0.1, 0.15) is 48.0 Å². The van der Waals surface area contributed by atoms with E-state index in [1.807, 2.05) is 0 Å². The lowest BCUT2D eigenvalue weighted by Crippen LogP contribution is -2.61. The van der Waals surface area contributed by atoms with Gasteiger partial charge < -0.3 is 75.9 Å². The summed E-state index contributed by atoms with van der Waals surface area (Å²) in [6.07, 6.45) is -6.14. The Morgan fingerprint density at radius 1 is 0.797 bits per heavy atom. The molecular weight excluding hydrogens is 1000 g/mol. The molecule has 2 aromatic carbocycles. The zero-order chi connectivity index (χ0) is 60.5. The molecule has 0 saturated carbocycles. The van der Waals surface area contributed by atoms with Gasteiger partial charge in [-0.15, -0.1) is 0 Å². The highest BCUT2D eigenvalue weighted by molar-refractivity contribution is 8.76. The predicted molar refractivity (Wildman–Crippen MR) is 272 cm³/mol. The zero-order valence-corrected chi connectivity index (χ0v) is 41.4. The first-order valence-electron chi connectivity index (χ1n) is 26.4. The molecule has 4 rings (SSSR count). The standard InChI is InChI=1S/C46H64N14O12S2/c47-35(62)15-14-29-40(67)58-32(22-36(48)63)43(70)59-33(45(72)60-18-5-9-34(60)44(71)56-28(8-4-17-52-46(50)51)39(66)53-23-37(49)64)24-74-73-19-16-38(65)54-30(21-26-10-12-27(61)13-11-26)41(68)57-31(42(69)55-29)20-25-6-2-1-3-7-25/h1-3,6-7,10-13,28-34,61H,4-5,8-9,14-24H2,(H2,47,62)(H2,48,63)(H2,49,64)(H,53,66)(H,54,65)(H,55,69)(H,56,71)(H,57,68)(H,58,67)(H,59,70)(H4,50,51,52)/i1D,2D,3D,6D,7D,20D2. The minimum absolute atomic E-state index is 0.0389. The molecule has 0 spiro atoms. The highest BCUT2D eigenvalue weighted by Gasteiger charge is 2.40. The van der Waals surface area contributed by atoms with Crippen LogP contribution in [0.4, 0.5) is 0 Å². The van der Waals surface area contributed by atoms with Crippen molar-refractivity contribution in [2.45, 2.75) is 106 Å². The number of carbonyl (C=O) groups excluding carboxylic acids is 11. The lowest BCUT2D eigenvalue weighted by molar-refractivity contribution is -0.142. The Hall–Kier alpha value is -7.62. The SMILES string of the molecule is [2H]c1c([2H])c([2H])c(C([2H])([2H])C2NC(=O)C(Cc3ccc(O)cc3)NC(=O)CCSSCC(C(=O)N3CCCC3C(=O)NC(CCCN=C(N)N)C(=O)NCC(N)=O)NC(=O)C(CC(N)=O)NC(=O)C(CCC(N)=O)NC2=O)c([2H])c1[2H]. The topological polar surface area (TPSA) is 438 Å². The third-order valence-corrected chi connectivity index (χ3v) is 13.3. The minimum Gasteiger partial charge on any atom is -0.508 e. The summed E-state index contributed by atoms with van der Waals surface area (Å²) in [6, 6.07) is -12.4. The molecule has 18 N–H and O–H groups in total. The van der Waals surface area contributed by atoms with Crippen molar-refractivity contribution in [3.8, 4) is 5.75 Å². The van der Waals surface area contributed by atoms with E-state index < -0.39 is 175 Å². The van der Waals surface area contributed by atoms with Gasteiger partial charge in [0.25, 0.3) is 0 Å². The summed E-state index contributed by atoms with van der Waals surface area (Å²) < 4.78 is 60.1. The number of likely N-dealkylation sites (tertiary alicyclic amines) is 1. The first-order chi connectivity index (χ1) is 38.0. The van der Waals surface area contributed by atoms with E-state index in [0.29, 0.717) is 5.56 Å². The number of rotatable bonds is 19. The molecule has 2 aliphatic heterocycles. The number of benzene rings is 2. The van der Waals surface area contributed by atoms with E-state index in [9.17, 15) is 60.6 Å². The number of nitrogens with zero attached hydrogens (tertiary/aromatic N) is 2. The smallest absolute Gasteiger partial charge is 0.246 e. The van der Waals surface area contributed by atoms with E-state index in [1.54, 1.807) is 0 Å². The van der Waals surface area contributed by atoms with Crippen LogP contribution < -0.4 is 65.9 Å². The molecule has 7 atom stereocenters. The average Bonchev–Trinajstić information content (AvgIpc) is 4.08. The summed E-state index contributed by atoms with van der Waals surface area (Å²) in [6.45, 7) is -0.567. The minimum atomic E-state index is -3.49. The molecule has 0 aliphatic carbocycles. The molecule has 2 aromatic rings. The maximum atomic E-state index is 14.6. The number of carbonyl (C=O) groups is 11. The number of primary amides is 3. The quantitative estimate of drug-likeness (QED) is 0.0274. The Balaban J connectivity index is 1.79. The molecular formula is C46H64N14O12S2. The van der Waals surface area contributed by atoms with Gasteiger partial charge in [-0.2, -0.15) is 0 Å². The first-order valence-corrected chi connectivity index (χ1v) is 25.4. The van der Waals surface area contributed by atoms with Crippen LogP contribution in [-0.2, 0) is 65.5 Å². The third-order valence-electron chi connectivity index (χ3n) is 10.9. The fourth-order valence-corrected chi connectivity index (χ4v) is 9.46. The van der Waals surface area contributed by atoms with Gasteiger partial charge in [-0.3, -0.25) is 57.7 Å². The Morgan fingerprint density at radius 3 is 2.11 bits per heavy atom. The van der Waals surface area contributed by atoms with Crippen LogP contribution in [-0.4, -0.2) is 154 Å². The highest BCUT2D eigenvalue weighted by Crippen LogP contribution is 2.26. The van der Waals surface area contributed by atoms with Crippen molar-refractivity contribution >= 4 is 92.5 Å². The van der Waals surface area contributed by atoms with Gasteiger partial charge in [0, 0.05) is 53.0 Å². The molecule has 28 heteroatoms. The van der Waals surface area contributed by atoms with Crippen molar-refractivity contribution in [3.05, 3.63) is 65.6 Å². The second-order valence-electron chi connectivity index (χ2n) is 16.7. The molecule has 74 heavy (non-hydrogen) atoms. The lowest BCUT2D eigenvalue weighted by Gasteiger charge is -2.31. The summed E-state index contributed by atoms with van der Waals surface area (Å²) in [4.78, 5) is 154. The van der Waals surface area contributed by atoms with Crippen LogP contribution in [0.25, 0.3) is 0 Å². The van der Waals surface area contributed by atoms with E-state index in [0.717, 1.165) is 26.5 Å². The van der Waals surface area contributed by atoms with Crippen molar-refractivity contribution in [1.29, 1.82) is 0 Å². The molecule has 2 heterocycles. The zero-order valence-electron chi connectivity index (χ0n) is 46.8. The molecule has 2 aliphatic rings. The first kappa shape index (κ1) is 48.6. The van der Waals surface area contributed by atoms with E-state index in [1.165, 1.54) is 24.3 Å². The number of nitrogens with two attached hydrogens (primary N) is 5. The fraction of sp³-hybridized carbons (Fsp3) is 0.478. The molecule has 2 fully saturated rings. The Bertz CT molecular complexity index is 2740. The maximum Gasteiger partial charge on any atom is 0.246 e. The monoisotopic (exact) mass is 1080 g/mol. The molecule has 0 radical (unpaired) electrons. The van der Waals surface area contributed by atoms with Gasteiger partial charge in [0.05, 0.1) is 19.8 Å². The van der Waals surface area contributed by atoms with E-state index >= 15 is 0 Å². The fourth-order valence-electron chi connectivity index (χ4n) is 7.31. The van der Waals surface area contributed by atoms with Crippen LogP contribution in [0, 0.1) is 0 Å². The van der Waals surface area contributed by atoms with Crippen LogP contribution >= 0.6 is 21.6 Å². The summed E-state index contributed by atoms with van der Waals surface area (Å²) in [5, 5.41) is 26.4. The van der Waals surface area contributed by atoms with Gasteiger partial charge in [0.15, 0.2) is 5.96 Å². The lowest BCUT2D eigenvalue weighted by atomic mass is 10.0. The van der Waals surface area contributed by atoms with Crippen LogP contribution in [0.3, 0.4) is 0 Å². The van der Waals surface area contributed by atoms with Crippen LogP contribution in [0.15, 0.2) is 59.5 Å². The van der Waals surface area contributed by atoms with E-state index in [4.69, 9.17) is 35.5 Å². The van der Waals surface area contributed by atoms with Gasteiger partial charge in [-0.1, -0.05) is 63.9 Å². The van der Waals surface area contributed by atoms with Crippen LogP contribution in [0.1, 0.15) is 72.1 Å².